The number of fused-ring (bicyclic) bond motifs is 1. The van der Waals surface area contributed by atoms with Crippen LogP contribution in [0.5, 0.6) is 0 Å². The van der Waals surface area contributed by atoms with Gasteiger partial charge in [0.2, 0.25) is 5.95 Å². The summed E-state index contributed by atoms with van der Waals surface area (Å²) in [5.74, 6) is 1.31. The lowest BCUT2D eigenvalue weighted by atomic mass is 10.1. The van der Waals surface area contributed by atoms with Crippen LogP contribution in [0.1, 0.15) is 11.1 Å². The van der Waals surface area contributed by atoms with Crippen LogP contribution in [0.25, 0.3) is 11.0 Å². The molecule has 2 aromatic heterocycles. The van der Waals surface area contributed by atoms with E-state index in [1.807, 2.05) is 13.2 Å². The zero-order valence-electron chi connectivity index (χ0n) is 18.7. The van der Waals surface area contributed by atoms with E-state index in [1.165, 1.54) is 16.8 Å². The molecule has 2 aromatic carbocycles. The van der Waals surface area contributed by atoms with E-state index in [0.29, 0.717) is 5.95 Å². The second kappa shape index (κ2) is 8.47. The molecule has 3 N–H and O–H groups in total. The van der Waals surface area contributed by atoms with Gasteiger partial charge in [-0.05, 0) is 49.2 Å². The van der Waals surface area contributed by atoms with E-state index in [1.54, 1.807) is 4.68 Å². The van der Waals surface area contributed by atoms with Crippen molar-refractivity contribution in [3.63, 3.8) is 0 Å². The van der Waals surface area contributed by atoms with Gasteiger partial charge in [-0.15, -0.1) is 0 Å². The summed E-state index contributed by atoms with van der Waals surface area (Å²) in [6, 6.07) is 14.7. The predicted octanol–water partition coefficient (Wildman–Crippen LogP) is 3.88. The number of benzene rings is 2. The molecule has 1 saturated heterocycles. The van der Waals surface area contributed by atoms with E-state index in [9.17, 15) is 0 Å². The number of nitrogens with one attached hydrogen (secondary N) is 3. The van der Waals surface area contributed by atoms with Crippen molar-refractivity contribution in [1.29, 1.82) is 0 Å². The van der Waals surface area contributed by atoms with E-state index in [0.717, 1.165) is 54.4 Å². The summed E-state index contributed by atoms with van der Waals surface area (Å²) in [5, 5.41) is 15.7. The van der Waals surface area contributed by atoms with Crippen LogP contribution in [0.15, 0.2) is 48.7 Å². The van der Waals surface area contributed by atoms with Gasteiger partial charge in [0.1, 0.15) is 0 Å². The second-order valence-corrected chi connectivity index (χ2v) is 8.20. The number of aromatic nitrogens is 4. The summed E-state index contributed by atoms with van der Waals surface area (Å²) in [7, 11) is 1.90. The first-order chi connectivity index (χ1) is 15.6. The van der Waals surface area contributed by atoms with Crippen LogP contribution < -0.4 is 20.9 Å². The molecule has 0 aliphatic carbocycles. The van der Waals surface area contributed by atoms with Gasteiger partial charge in [-0.1, -0.05) is 18.2 Å². The molecule has 1 aliphatic heterocycles. The maximum atomic E-state index is 4.71. The smallest absolute Gasteiger partial charge is 0.229 e. The molecule has 164 valence electrons. The van der Waals surface area contributed by atoms with Crippen molar-refractivity contribution < 1.29 is 0 Å². The fraction of sp³-hybridized carbons (Fsp3) is 0.292. The van der Waals surface area contributed by atoms with Crippen LogP contribution in [-0.4, -0.2) is 45.9 Å². The highest BCUT2D eigenvalue weighted by atomic mass is 15.3. The molecule has 1 fully saturated rings. The Morgan fingerprint density at radius 3 is 2.38 bits per heavy atom. The number of rotatable bonds is 5. The summed E-state index contributed by atoms with van der Waals surface area (Å²) in [4.78, 5) is 11.6. The molecule has 0 radical (unpaired) electrons. The van der Waals surface area contributed by atoms with Crippen LogP contribution in [-0.2, 0) is 7.05 Å². The first-order valence-electron chi connectivity index (χ1n) is 10.9. The minimum atomic E-state index is 0.550. The third-order valence-electron chi connectivity index (χ3n) is 5.91. The van der Waals surface area contributed by atoms with Gasteiger partial charge in [-0.3, -0.25) is 0 Å². The van der Waals surface area contributed by atoms with E-state index in [2.05, 4.69) is 87.2 Å². The molecule has 3 heterocycles. The maximum Gasteiger partial charge on any atom is 0.229 e. The van der Waals surface area contributed by atoms with Crippen molar-refractivity contribution in [3.8, 4) is 0 Å². The Kier molecular flexibility index (Phi) is 5.36. The molecule has 0 atom stereocenters. The maximum absolute atomic E-state index is 4.71. The van der Waals surface area contributed by atoms with Gasteiger partial charge in [0.25, 0.3) is 0 Å². The standard InChI is InChI=1S/C24H28N8/c1-16-5-4-6-17(2)21(16)28-22-20-15-26-24(29-23(20)31(3)30-22)27-18-7-9-19(10-8-18)32-13-11-25-12-14-32/h4-10,15,25H,11-14H2,1-3H3,(H,28,30)(H,26,27,29). The molecule has 0 amide bonds. The van der Waals surface area contributed by atoms with E-state index >= 15 is 0 Å². The molecule has 8 heteroatoms. The van der Waals surface area contributed by atoms with Gasteiger partial charge in [-0.2, -0.15) is 10.1 Å². The molecular weight excluding hydrogens is 400 g/mol. The molecular formula is C24H28N8. The normalized spacial score (nSPS) is 14.0. The van der Waals surface area contributed by atoms with Gasteiger partial charge in [-0.25, -0.2) is 9.67 Å². The SMILES string of the molecule is Cc1cccc(C)c1Nc1nn(C)c2nc(Nc3ccc(N4CCNCC4)cc3)ncc12. The molecule has 32 heavy (non-hydrogen) atoms. The minimum absolute atomic E-state index is 0.550. The van der Waals surface area contributed by atoms with Crippen molar-refractivity contribution in [3.05, 3.63) is 59.8 Å². The van der Waals surface area contributed by atoms with E-state index in [-0.39, 0.29) is 0 Å². The monoisotopic (exact) mass is 428 g/mol. The largest absolute Gasteiger partial charge is 0.369 e. The van der Waals surface area contributed by atoms with E-state index in [4.69, 9.17) is 4.98 Å². The first-order valence-corrected chi connectivity index (χ1v) is 10.9. The van der Waals surface area contributed by atoms with Crippen molar-refractivity contribution in [2.24, 2.45) is 7.05 Å². The van der Waals surface area contributed by atoms with Crippen LogP contribution in [0.2, 0.25) is 0 Å². The fourth-order valence-electron chi connectivity index (χ4n) is 4.13. The molecule has 4 aromatic rings. The van der Waals surface area contributed by atoms with E-state index < -0.39 is 0 Å². The average Bonchev–Trinajstić information content (AvgIpc) is 3.12. The van der Waals surface area contributed by atoms with Gasteiger partial charge in [0.05, 0.1) is 5.39 Å². The van der Waals surface area contributed by atoms with Crippen LogP contribution >= 0.6 is 0 Å². The summed E-state index contributed by atoms with van der Waals surface area (Å²) in [6.07, 6.45) is 1.82. The minimum Gasteiger partial charge on any atom is -0.369 e. The zero-order chi connectivity index (χ0) is 22.1. The Hall–Kier alpha value is -3.65. The van der Waals surface area contributed by atoms with Crippen LogP contribution in [0.4, 0.5) is 28.8 Å². The average molecular weight is 429 g/mol. The summed E-state index contributed by atoms with van der Waals surface area (Å²) < 4.78 is 1.78. The molecule has 0 bridgehead atoms. The molecule has 8 nitrogen and oxygen atoms in total. The first kappa shape index (κ1) is 20.3. The van der Waals surface area contributed by atoms with Gasteiger partial charge < -0.3 is 20.9 Å². The number of aryl methyl sites for hydroxylation is 3. The highest BCUT2D eigenvalue weighted by Crippen LogP contribution is 2.29. The number of nitrogens with zero attached hydrogens (tertiary/aromatic N) is 5. The Labute approximate surface area is 187 Å². The second-order valence-electron chi connectivity index (χ2n) is 8.20. The molecule has 0 spiro atoms. The van der Waals surface area contributed by atoms with Crippen molar-refractivity contribution in [1.82, 2.24) is 25.1 Å². The Morgan fingerprint density at radius 1 is 0.938 bits per heavy atom. The van der Waals surface area contributed by atoms with Crippen molar-refractivity contribution in [2.45, 2.75) is 13.8 Å². The quantitative estimate of drug-likeness (QED) is 0.445. The Bertz CT molecular complexity index is 1220. The summed E-state index contributed by atoms with van der Waals surface area (Å²) >= 11 is 0. The number of hydrogen-bond donors (Lipinski definition) is 3. The predicted molar refractivity (Wildman–Crippen MR) is 130 cm³/mol. The van der Waals surface area contributed by atoms with Crippen LogP contribution in [0.3, 0.4) is 0 Å². The van der Waals surface area contributed by atoms with Gasteiger partial charge in [0.15, 0.2) is 11.5 Å². The number of para-hydroxylation sites is 1. The summed E-state index contributed by atoms with van der Waals surface area (Å²) in [5.41, 5.74) is 6.38. The lowest BCUT2D eigenvalue weighted by Gasteiger charge is -2.29. The van der Waals surface area contributed by atoms with Gasteiger partial charge in [0, 0.05) is 56.5 Å². The number of anilines is 5. The van der Waals surface area contributed by atoms with Crippen molar-refractivity contribution >= 4 is 39.9 Å². The van der Waals surface area contributed by atoms with Crippen LogP contribution in [0, 0.1) is 13.8 Å². The van der Waals surface area contributed by atoms with Gasteiger partial charge >= 0.3 is 0 Å². The third kappa shape index (κ3) is 3.97. The van der Waals surface area contributed by atoms with Crippen molar-refractivity contribution in [2.75, 3.05) is 41.7 Å². The summed E-state index contributed by atoms with van der Waals surface area (Å²) in [6.45, 7) is 8.30. The fourth-order valence-corrected chi connectivity index (χ4v) is 4.13. The topological polar surface area (TPSA) is 82.9 Å². The Morgan fingerprint density at radius 2 is 1.66 bits per heavy atom. The molecule has 0 unspecified atom stereocenters. The number of piperazine rings is 1. The Balaban J connectivity index is 1.36. The zero-order valence-corrected chi connectivity index (χ0v) is 18.7. The highest BCUT2D eigenvalue weighted by molar-refractivity contribution is 5.90. The molecule has 5 rings (SSSR count). The lowest BCUT2D eigenvalue weighted by molar-refractivity contribution is 0.589. The number of hydrogen-bond acceptors (Lipinski definition) is 7. The molecule has 1 aliphatic rings. The lowest BCUT2D eigenvalue weighted by Crippen LogP contribution is -2.43. The molecule has 0 saturated carbocycles. The highest BCUT2D eigenvalue weighted by Gasteiger charge is 2.14. The third-order valence-corrected chi connectivity index (χ3v) is 5.91.